The van der Waals surface area contributed by atoms with Gasteiger partial charge in [-0.25, -0.2) is 0 Å². The largest absolute Gasteiger partial charge is 0.481 e. The zero-order valence-corrected chi connectivity index (χ0v) is 5.91. The molecule has 0 aromatic carbocycles. The minimum Gasteiger partial charge on any atom is -0.481 e. The van der Waals surface area contributed by atoms with Crippen molar-refractivity contribution in [1.29, 1.82) is 0 Å². The lowest BCUT2D eigenvalue weighted by Gasteiger charge is -2.08. The molecule has 0 bridgehead atoms. The second kappa shape index (κ2) is 2.87. The molecule has 5 heteroatoms. The fraction of sp³-hybridized carbons (Fsp3) is 0.667. The van der Waals surface area contributed by atoms with Crippen LogP contribution in [0.1, 0.15) is 0 Å². The van der Waals surface area contributed by atoms with Crippen molar-refractivity contribution in [2.45, 2.75) is 0 Å². The standard InChI is InChI=1S/C6H10N2O3/c7-5(9)3-1-8-2-4(3)6(10)11/h3-4,8H,1-2H2,(H2,7,9)(H,10,11)/t3-,4-/m0/s1. The first-order valence-electron chi connectivity index (χ1n) is 3.35. The molecule has 0 saturated carbocycles. The monoisotopic (exact) mass is 158 g/mol. The van der Waals surface area contributed by atoms with E-state index in [1.165, 1.54) is 0 Å². The number of carboxylic acids is 1. The highest BCUT2D eigenvalue weighted by Gasteiger charge is 2.36. The highest BCUT2D eigenvalue weighted by Crippen LogP contribution is 2.15. The van der Waals surface area contributed by atoms with Gasteiger partial charge in [-0.2, -0.15) is 0 Å². The van der Waals surface area contributed by atoms with Crippen molar-refractivity contribution in [2.75, 3.05) is 13.1 Å². The van der Waals surface area contributed by atoms with Gasteiger partial charge in [-0.05, 0) is 0 Å². The quantitative estimate of drug-likeness (QED) is 0.451. The Balaban J connectivity index is 2.65. The van der Waals surface area contributed by atoms with E-state index in [2.05, 4.69) is 5.32 Å². The fourth-order valence-corrected chi connectivity index (χ4v) is 1.24. The number of aliphatic carboxylic acids is 1. The molecule has 0 aromatic heterocycles. The average Bonchev–Trinajstić information content (AvgIpc) is 2.32. The van der Waals surface area contributed by atoms with Crippen LogP contribution in [-0.2, 0) is 9.59 Å². The molecule has 1 fully saturated rings. The van der Waals surface area contributed by atoms with Gasteiger partial charge in [-0.1, -0.05) is 0 Å². The smallest absolute Gasteiger partial charge is 0.308 e. The van der Waals surface area contributed by atoms with Crippen LogP contribution in [0.5, 0.6) is 0 Å². The topological polar surface area (TPSA) is 92.4 Å². The molecule has 4 N–H and O–H groups in total. The predicted octanol–water partition coefficient (Wildman–Crippen LogP) is -1.61. The molecule has 5 nitrogen and oxygen atoms in total. The third-order valence-corrected chi connectivity index (χ3v) is 1.90. The summed E-state index contributed by atoms with van der Waals surface area (Å²) in [5.41, 5.74) is 4.98. The van der Waals surface area contributed by atoms with E-state index in [1.807, 2.05) is 0 Å². The lowest BCUT2D eigenvalue weighted by molar-refractivity contribution is -0.144. The van der Waals surface area contributed by atoms with Gasteiger partial charge in [-0.3, -0.25) is 9.59 Å². The molecule has 2 atom stereocenters. The molecule has 11 heavy (non-hydrogen) atoms. The summed E-state index contributed by atoms with van der Waals surface area (Å²) in [6.45, 7) is 0.718. The van der Waals surface area contributed by atoms with Crippen LogP contribution < -0.4 is 11.1 Å². The average molecular weight is 158 g/mol. The molecule has 1 aliphatic heterocycles. The minimum atomic E-state index is -0.959. The third kappa shape index (κ3) is 1.48. The van der Waals surface area contributed by atoms with Crippen LogP contribution in [0.2, 0.25) is 0 Å². The maximum absolute atomic E-state index is 10.6. The van der Waals surface area contributed by atoms with Gasteiger partial charge in [0.05, 0.1) is 11.8 Å². The molecular weight excluding hydrogens is 148 g/mol. The van der Waals surface area contributed by atoms with Gasteiger partial charge in [-0.15, -0.1) is 0 Å². The van der Waals surface area contributed by atoms with Crippen molar-refractivity contribution in [3.63, 3.8) is 0 Å². The summed E-state index contributed by atoms with van der Waals surface area (Å²) in [7, 11) is 0. The normalized spacial score (nSPS) is 30.2. The van der Waals surface area contributed by atoms with E-state index in [1.54, 1.807) is 0 Å². The van der Waals surface area contributed by atoms with Crippen LogP contribution in [0.3, 0.4) is 0 Å². The highest BCUT2D eigenvalue weighted by atomic mass is 16.4. The summed E-state index contributed by atoms with van der Waals surface area (Å²) >= 11 is 0. The zero-order valence-electron chi connectivity index (χ0n) is 5.91. The first-order valence-corrected chi connectivity index (χ1v) is 3.35. The molecule has 62 valence electrons. The van der Waals surface area contributed by atoms with E-state index in [0.717, 1.165) is 0 Å². The van der Waals surface area contributed by atoms with Crippen molar-refractivity contribution in [1.82, 2.24) is 5.32 Å². The Kier molecular flexibility index (Phi) is 2.09. The predicted molar refractivity (Wildman–Crippen MR) is 36.7 cm³/mol. The Hall–Kier alpha value is -1.10. The number of amides is 1. The van der Waals surface area contributed by atoms with E-state index in [-0.39, 0.29) is 0 Å². The van der Waals surface area contributed by atoms with Crippen molar-refractivity contribution in [3.8, 4) is 0 Å². The first kappa shape index (κ1) is 8.00. The summed E-state index contributed by atoms with van der Waals surface area (Å²) in [5, 5.41) is 11.4. The molecule has 0 unspecified atom stereocenters. The lowest BCUT2D eigenvalue weighted by Crippen LogP contribution is -2.33. The van der Waals surface area contributed by atoms with Gasteiger partial charge in [0.15, 0.2) is 0 Å². The Morgan fingerprint density at radius 2 is 1.91 bits per heavy atom. The molecular formula is C6H10N2O3. The van der Waals surface area contributed by atoms with Gasteiger partial charge in [0.25, 0.3) is 0 Å². The number of hydrogen-bond acceptors (Lipinski definition) is 3. The summed E-state index contributed by atoms with van der Waals surface area (Å²) in [6, 6.07) is 0. The van der Waals surface area contributed by atoms with Crippen LogP contribution in [0, 0.1) is 11.8 Å². The van der Waals surface area contributed by atoms with E-state index >= 15 is 0 Å². The molecule has 1 saturated heterocycles. The number of carbonyl (C=O) groups excluding carboxylic acids is 1. The Morgan fingerprint density at radius 3 is 2.27 bits per heavy atom. The fourth-order valence-electron chi connectivity index (χ4n) is 1.24. The molecule has 0 spiro atoms. The maximum Gasteiger partial charge on any atom is 0.308 e. The SMILES string of the molecule is NC(=O)[C@H]1CNC[C@@H]1C(=O)O. The lowest BCUT2D eigenvalue weighted by atomic mass is 9.96. The number of nitrogens with two attached hydrogens (primary N) is 1. The van der Waals surface area contributed by atoms with Crippen molar-refractivity contribution in [2.24, 2.45) is 17.6 Å². The molecule has 0 radical (unpaired) electrons. The van der Waals surface area contributed by atoms with Crippen molar-refractivity contribution in [3.05, 3.63) is 0 Å². The van der Waals surface area contributed by atoms with E-state index < -0.39 is 23.7 Å². The van der Waals surface area contributed by atoms with Crippen LogP contribution in [0.25, 0.3) is 0 Å². The van der Waals surface area contributed by atoms with Gasteiger partial charge < -0.3 is 16.2 Å². The number of primary amides is 1. The Morgan fingerprint density at radius 1 is 1.36 bits per heavy atom. The minimum absolute atomic E-state index is 0.336. The number of rotatable bonds is 2. The summed E-state index contributed by atoms with van der Waals surface area (Å²) in [4.78, 5) is 21.1. The maximum atomic E-state index is 10.6. The van der Waals surface area contributed by atoms with E-state index in [4.69, 9.17) is 10.8 Å². The van der Waals surface area contributed by atoms with Crippen LogP contribution in [0.15, 0.2) is 0 Å². The first-order chi connectivity index (χ1) is 5.13. The van der Waals surface area contributed by atoms with Gasteiger partial charge in [0.2, 0.25) is 5.91 Å². The van der Waals surface area contributed by atoms with Gasteiger partial charge >= 0.3 is 5.97 Å². The zero-order chi connectivity index (χ0) is 8.43. The van der Waals surface area contributed by atoms with E-state index in [9.17, 15) is 9.59 Å². The second-order valence-corrected chi connectivity index (χ2v) is 2.61. The highest BCUT2D eigenvalue weighted by molar-refractivity contribution is 5.84. The van der Waals surface area contributed by atoms with Gasteiger partial charge in [0, 0.05) is 13.1 Å². The summed E-state index contributed by atoms with van der Waals surface area (Å²) in [5.74, 6) is -2.69. The summed E-state index contributed by atoms with van der Waals surface area (Å²) in [6.07, 6.45) is 0. The molecule has 1 amide bonds. The van der Waals surface area contributed by atoms with Crippen LogP contribution >= 0.6 is 0 Å². The number of carboxylic acid groups (broad SMARTS) is 1. The van der Waals surface area contributed by atoms with E-state index in [0.29, 0.717) is 13.1 Å². The third-order valence-electron chi connectivity index (χ3n) is 1.90. The van der Waals surface area contributed by atoms with Crippen LogP contribution in [0.4, 0.5) is 0 Å². The van der Waals surface area contributed by atoms with Crippen LogP contribution in [-0.4, -0.2) is 30.1 Å². The van der Waals surface area contributed by atoms with Crippen molar-refractivity contribution >= 4 is 11.9 Å². The van der Waals surface area contributed by atoms with Crippen molar-refractivity contribution < 1.29 is 14.7 Å². The number of hydrogen-bond donors (Lipinski definition) is 3. The Bertz CT molecular complexity index is 172. The molecule has 1 aliphatic rings. The molecule has 1 rings (SSSR count). The molecule has 0 aliphatic carbocycles. The number of carbonyl (C=O) groups is 2. The van der Waals surface area contributed by atoms with Gasteiger partial charge in [0.1, 0.15) is 0 Å². The summed E-state index contributed by atoms with van der Waals surface area (Å²) < 4.78 is 0. The molecule has 0 aromatic rings. The molecule has 1 heterocycles. The number of nitrogens with one attached hydrogen (secondary N) is 1. The Labute approximate surface area is 63.6 Å². The second-order valence-electron chi connectivity index (χ2n) is 2.61.